The van der Waals surface area contributed by atoms with Crippen molar-refractivity contribution in [1.82, 2.24) is 0 Å². The topological polar surface area (TPSA) is 0 Å². The van der Waals surface area contributed by atoms with Crippen LogP contribution in [-0.2, 0) is 21.6 Å². The summed E-state index contributed by atoms with van der Waals surface area (Å²) < 4.78 is 0. The summed E-state index contributed by atoms with van der Waals surface area (Å²) in [6.07, 6.45) is 11.4. The predicted molar refractivity (Wildman–Crippen MR) is 139 cm³/mol. The molecule has 34 heavy (non-hydrogen) atoms. The van der Waals surface area contributed by atoms with Gasteiger partial charge in [0.15, 0.2) is 0 Å². The van der Waals surface area contributed by atoms with Crippen LogP contribution in [0.15, 0.2) is 71.8 Å². The molecule has 4 rings (SSSR count). The van der Waals surface area contributed by atoms with Gasteiger partial charge in [-0.1, -0.05) is 99.2 Å². The maximum atomic E-state index is 3.41. The number of rotatable bonds is 2. The van der Waals surface area contributed by atoms with Crippen molar-refractivity contribution in [3.63, 3.8) is 0 Å². The van der Waals surface area contributed by atoms with Gasteiger partial charge in [0.05, 0.1) is 0 Å². The van der Waals surface area contributed by atoms with Gasteiger partial charge in [0, 0.05) is 0 Å². The summed E-state index contributed by atoms with van der Waals surface area (Å²) in [5, 5.41) is 0. The molecule has 0 spiro atoms. The minimum atomic E-state index is -0.243. The number of aryl methyl sites for hydroxylation is 2. The normalized spacial score (nSPS) is 17.8. The zero-order valence-corrected chi connectivity index (χ0v) is 27.8. The predicted octanol–water partition coefficient (Wildman–Crippen LogP) is 2.35. The van der Waals surface area contributed by atoms with Crippen molar-refractivity contribution in [2.45, 2.75) is 53.1 Å². The molecule has 0 saturated carbocycles. The largest absolute Gasteiger partial charge is 1.00 e. The van der Waals surface area contributed by atoms with Crippen LogP contribution in [0.3, 0.4) is 0 Å². The first-order chi connectivity index (χ1) is 15.1. The van der Waals surface area contributed by atoms with Gasteiger partial charge in [0.2, 0.25) is 0 Å². The maximum absolute atomic E-state index is 3.41. The van der Waals surface area contributed by atoms with Crippen LogP contribution in [0.1, 0.15) is 49.9 Å². The molecular formula is C30H36Cl2GeZr-2. The summed E-state index contributed by atoms with van der Waals surface area (Å²) >= 11 is 1.80. The van der Waals surface area contributed by atoms with E-state index in [4.69, 9.17) is 0 Å². The van der Waals surface area contributed by atoms with Crippen molar-refractivity contribution >= 4 is 21.1 Å². The van der Waals surface area contributed by atoms with Crippen LogP contribution in [0.25, 0.3) is 11.1 Å². The fourth-order valence-corrected chi connectivity index (χ4v) is 3.92. The second kappa shape index (κ2) is 16.2. The molecule has 0 bridgehead atoms. The third-order valence-electron chi connectivity index (χ3n) is 5.19. The van der Waals surface area contributed by atoms with E-state index in [0.29, 0.717) is 11.8 Å². The summed E-state index contributed by atoms with van der Waals surface area (Å²) in [7, 11) is -0.243. The van der Waals surface area contributed by atoms with E-state index in [0.717, 1.165) is 0 Å². The molecule has 2 atom stereocenters. The van der Waals surface area contributed by atoms with Crippen molar-refractivity contribution in [3.05, 3.63) is 106 Å². The summed E-state index contributed by atoms with van der Waals surface area (Å²) in [6.45, 7) is 12.9. The smallest absolute Gasteiger partial charge is 1.00 e. The maximum Gasteiger partial charge on any atom is -1.00 e. The molecule has 2 aromatic carbocycles. The Labute approximate surface area is 236 Å². The third-order valence-corrected chi connectivity index (χ3v) is 5.19. The van der Waals surface area contributed by atoms with E-state index in [9.17, 15) is 0 Å². The number of benzene rings is 2. The van der Waals surface area contributed by atoms with E-state index in [-0.39, 0.29) is 34.8 Å². The van der Waals surface area contributed by atoms with Crippen molar-refractivity contribution in [2.24, 2.45) is 11.8 Å². The Hall–Kier alpha value is -0.594. The SMILES string of the molecule is CC1=[C-]C(C)C=C1c1cccc(C)c1.CC1=[C-]C(C)C=C1c1cccc(C)c1.[CH3][Ge]([CH3])=[Zr+2].[Cl-].[Cl-]. The fourth-order valence-electron chi connectivity index (χ4n) is 3.92. The van der Waals surface area contributed by atoms with E-state index < -0.39 is 0 Å². The minimum Gasteiger partial charge on any atom is -1.00 e. The van der Waals surface area contributed by atoms with Crippen LogP contribution >= 0.6 is 0 Å². The van der Waals surface area contributed by atoms with E-state index in [1.807, 2.05) is 0 Å². The van der Waals surface area contributed by atoms with Crippen LogP contribution in [0, 0.1) is 37.8 Å². The molecule has 0 radical (unpaired) electrons. The average Bonchev–Trinajstić information content (AvgIpc) is 3.22. The van der Waals surface area contributed by atoms with Gasteiger partial charge in [-0.25, -0.2) is 11.1 Å². The first-order valence-corrected chi connectivity index (χ1v) is 23.0. The van der Waals surface area contributed by atoms with Gasteiger partial charge in [-0.3, -0.25) is 12.2 Å². The Kier molecular flexibility index (Phi) is 15.9. The molecule has 2 aliphatic rings. The van der Waals surface area contributed by atoms with Crippen LogP contribution in [0.2, 0.25) is 11.5 Å². The van der Waals surface area contributed by atoms with Gasteiger partial charge in [-0.15, -0.1) is 11.1 Å². The van der Waals surface area contributed by atoms with Crippen LogP contribution < -0.4 is 24.8 Å². The zero-order chi connectivity index (χ0) is 23.8. The molecule has 0 heterocycles. The third kappa shape index (κ3) is 11.0. The van der Waals surface area contributed by atoms with E-state index in [1.54, 1.807) is 21.6 Å². The number of allylic oxidation sites excluding steroid dienone is 8. The van der Waals surface area contributed by atoms with Gasteiger partial charge >= 0.3 is 43.1 Å². The molecule has 2 unspecified atom stereocenters. The first-order valence-electron chi connectivity index (χ1n) is 11.4. The fraction of sp³-hybridized carbons (Fsp3) is 0.333. The second-order valence-electron chi connectivity index (χ2n) is 9.02. The Morgan fingerprint density at radius 1 is 0.676 bits per heavy atom. The zero-order valence-electron chi connectivity index (χ0n) is 21.7. The van der Waals surface area contributed by atoms with E-state index in [1.165, 1.54) is 44.5 Å². The van der Waals surface area contributed by atoms with Crippen molar-refractivity contribution in [2.75, 3.05) is 0 Å². The minimum absolute atomic E-state index is 0. The Morgan fingerprint density at radius 2 is 1.00 bits per heavy atom. The van der Waals surface area contributed by atoms with E-state index in [2.05, 4.69) is 126 Å². The standard InChI is InChI=1S/2C14H15.C2H6Ge.2ClH.Zr/c2*1-10-5-4-6-13(8-10)14-9-11(2)7-12(14)3;1-3-2;;;/h2*4-6,8-9,11H,1-3H3;1-2H3;2*1H;/q2*-1;;;;+2/p-2. The molecule has 0 amide bonds. The van der Waals surface area contributed by atoms with Gasteiger partial charge in [0.25, 0.3) is 0 Å². The molecular weight excluding hydrogens is 595 g/mol. The van der Waals surface area contributed by atoms with Crippen molar-refractivity contribution < 1.29 is 46.4 Å². The summed E-state index contributed by atoms with van der Waals surface area (Å²) in [6, 6.07) is 17.3. The molecule has 2 aromatic rings. The van der Waals surface area contributed by atoms with Gasteiger partial charge in [-0.05, 0) is 13.8 Å². The Balaban J connectivity index is 0.000000528. The number of hydrogen-bond acceptors (Lipinski definition) is 0. The van der Waals surface area contributed by atoms with Crippen molar-refractivity contribution in [1.29, 1.82) is 0 Å². The monoisotopic (exact) mass is 630 g/mol. The van der Waals surface area contributed by atoms with Gasteiger partial charge in [-0.2, -0.15) is 23.3 Å². The molecule has 180 valence electrons. The molecule has 0 nitrogen and oxygen atoms in total. The second-order valence-corrected chi connectivity index (χ2v) is 26.0. The molecule has 0 saturated heterocycles. The van der Waals surface area contributed by atoms with Crippen molar-refractivity contribution in [3.8, 4) is 0 Å². The number of hydrogen-bond donors (Lipinski definition) is 0. The van der Waals surface area contributed by atoms with Crippen LogP contribution in [-0.4, -0.2) is 9.98 Å². The van der Waals surface area contributed by atoms with Gasteiger partial charge in [0.1, 0.15) is 0 Å². The average molecular weight is 631 g/mol. The summed E-state index contributed by atoms with van der Waals surface area (Å²) in [5.74, 6) is 5.67. The summed E-state index contributed by atoms with van der Waals surface area (Å²) in [4.78, 5) is 0. The Bertz CT molecular complexity index is 1010. The summed E-state index contributed by atoms with van der Waals surface area (Å²) in [5.41, 5.74) is 10.5. The van der Waals surface area contributed by atoms with Gasteiger partial charge < -0.3 is 24.8 Å². The van der Waals surface area contributed by atoms with Crippen LogP contribution in [0.4, 0.5) is 0 Å². The molecule has 4 heteroatoms. The molecule has 0 fully saturated rings. The van der Waals surface area contributed by atoms with Crippen LogP contribution in [0.5, 0.6) is 0 Å². The Morgan fingerprint density at radius 3 is 1.24 bits per heavy atom. The molecule has 2 aliphatic carbocycles. The number of halogens is 2. The molecule has 0 N–H and O–H groups in total. The molecule has 0 aromatic heterocycles. The van der Waals surface area contributed by atoms with E-state index >= 15 is 0 Å². The quantitative estimate of drug-likeness (QED) is 0.353. The molecule has 0 aliphatic heterocycles. The first kappa shape index (κ1) is 33.4.